The molecule has 22 heavy (non-hydrogen) atoms. The number of carbonyl (C=O) groups excluding carboxylic acids is 1. The van der Waals surface area contributed by atoms with Crippen molar-refractivity contribution in [3.05, 3.63) is 53.9 Å². The average molecular weight is 298 g/mol. The molecule has 1 aliphatic rings. The summed E-state index contributed by atoms with van der Waals surface area (Å²) in [4.78, 5) is 12.5. The Bertz CT molecular complexity index is 623. The van der Waals surface area contributed by atoms with Crippen molar-refractivity contribution in [1.82, 2.24) is 20.4 Å². The number of carbonyl (C=O) groups is 1. The van der Waals surface area contributed by atoms with Crippen LogP contribution in [0.3, 0.4) is 0 Å². The van der Waals surface area contributed by atoms with E-state index in [2.05, 4.69) is 27.9 Å². The minimum atomic E-state index is -0.0179. The fourth-order valence-electron chi connectivity index (χ4n) is 2.98. The molecular formula is C17H22N4O. The Hall–Kier alpha value is -2.14. The second-order valence-electron chi connectivity index (χ2n) is 5.62. The van der Waals surface area contributed by atoms with Crippen molar-refractivity contribution >= 4 is 5.91 Å². The summed E-state index contributed by atoms with van der Waals surface area (Å²) in [6, 6.07) is 12.2. The molecular weight excluding hydrogens is 276 g/mol. The van der Waals surface area contributed by atoms with Crippen LogP contribution in [0.2, 0.25) is 0 Å². The highest BCUT2D eigenvalue weighted by molar-refractivity contribution is 5.80. The third kappa shape index (κ3) is 3.20. The number of nitrogens with one attached hydrogen (secondary N) is 2. The number of benzene rings is 1. The van der Waals surface area contributed by atoms with E-state index in [1.807, 2.05) is 42.1 Å². The zero-order valence-electron chi connectivity index (χ0n) is 12.8. The molecule has 2 aromatic rings. The number of hydrogen-bond acceptors (Lipinski definition) is 3. The van der Waals surface area contributed by atoms with Gasteiger partial charge in [-0.1, -0.05) is 30.3 Å². The Morgan fingerprint density at radius 2 is 2.18 bits per heavy atom. The zero-order valence-corrected chi connectivity index (χ0v) is 12.8. The van der Waals surface area contributed by atoms with Crippen LogP contribution in [-0.4, -0.2) is 22.2 Å². The van der Waals surface area contributed by atoms with Crippen molar-refractivity contribution in [2.45, 2.75) is 32.5 Å². The average Bonchev–Trinajstić information content (AvgIpc) is 3.22. The first-order valence-corrected chi connectivity index (χ1v) is 7.86. The molecule has 0 saturated carbocycles. The summed E-state index contributed by atoms with van der Waals surface area (Å²) in [5.41, 5.74) is 2.08. The van der Waals surface area contributed by atoms with Gasteiger partial charge in [-0.25, -0.2) is 0 Å². The van der Waals surface area contributed by atoms with Gasteiger partial charge in [-0.2, -0.15) is 5.10 Å². The lowest BCUT2D eigenvalue weighted by molar-refractivity contribution is -0.125. The van der Waals surface area contributed by atoms with Crippen molar-refractivity contribution in [3.63, 3.8) is 0 Å². The molecule has 0 spiro atoms. The first-order valence-electron chi connectivity index (χ1n) is 7.86. The molecule has 2 heterocycles. The third-order valence-corrected chi connectivity index (χ3v) is 4.18. The van der Waals surface area contributed by atoms with Crippen LogP contribution in [-0.2, 0) is 17.9 Å². The van der Waals surface area contributed by atoms with E-state index < -0.39 is 0 Å². The van der Waals surface area contributed by atoms with Gasteiger partial charge in [-0.15, -0.1) is 0 Å². The van der Waals surface area contributed by atoms with E-state index in [0.29, 0.717) is 6.54 Å². The van der Waals surface area contributed by atoms with Crippen LogP contribution in [0.25, 0.3) is 0 Å². The van der Waals surface area contributed by atoms with Crippen molar-refractivity contribution < 1.29 is 4.79 Å². The van der Waals surface area contributed by atoms with Crippen LogP contribution < -0.4 is 10.6 Å². The van der Waals surface area contributed by atoms with Crippen LogP contribution >= 0.6 is 0 Å². The van der Waals surface area contributed by atoms with Crippen LogP contribution in [0.15, 0.2) is 42.6 Å². The first kappa shape index (κ1) is 14.8. The molecule has 0 bridgehead atoms. The Kier molecular flexibility index (Phi) is 4.53. The van der Waals surface area contributed by atoms with Gasteiger partial charge in [-0.05, 0) is 31.5 Å². The standard InChI is InChI=1S/C17H22N4O/c1-2-21-11-9-14(20-21)12-19-17(22)15-8-10-18-16(15)13-6-4-3-5-7-13/h3-7,9,11,15-16,18H,2,8,10,12H2,1H3,(H,19,22). The van der Waals surface area contributed by atoms with Gasteiger partial charge >= 0.3 is 0 Å². The van der Waals surface area contributed by atoms with E-state index in [0.717, 1.165) is 25.2 Å². The molecule has 3 rings (SSSR count). The molecule has 0 aliphatic carbocycles. The molecule has 1 fully saturated rings. The van der Waals surface area contributed by atoms with Crippen LogP contribution in [0.4, 0.5) is 0 Å². The number of aryl methyl sites for hydroxylation is 1. The molecule has 1 amide bonds. The minimum Gasteiger partial charge on any atom is -0.350 e. The van der Waals surface area contributed by atoms with Gasteiger partial charge in [0.2, 0.25) is 5.91 Å². The van der Waals surface area contributed by atoms with E-state index in [9.17, 15) is 4.79 Å². The molecule has 2 N–H and O–H groups in total. The number of amides is 1. The molecule has 1 aromatic heterocycles. The summed E-state index contributed by atoms with van der Waals surface area (Å²) in [5, 5.41) is 10.8. The lowest BCUT2D eigenvalue weighted by Gasteiger charge is -2.19. The first-order chi connectivity index (χ1) is 10.8. The molecule has 1 saturated heterocycles. The van der Waals surface area contributed by atoms with E-state index in [4.69, 9.17) is 0 Å². The van der Waals surface area contributed by atoms with E-state index in [-0.39, 0.29) is 17.9 Å². The van der Waals surface area contributed by atoms with Crippen molar-refractivity contribution in [1.29, 1.82) is 0 Å². The highest BCUT2D eigenvalue weighted by atomic mass is 16.1. The van der Waals surface area contributed by atoms with Gasteiger partial charge in [0.25, 0.3) is 0 Å². The summed E-state index contributed by atoms with van der Waals surface area (Å²) >= 11 is 0. The molecule has 0 radical (unpaired) electrons. The molecule has 1 aliphatic heterocycles. The highest BCUT2D eigenvalue weighted by Crippen LogP contribution is 2.29. The molecule has 1 aromatic carbocycles. The van der Waals surface area contributed by atoms with Gasteiger partial charge < -0.3 is 10.6 Å². The smallest absolute Gasteiger partial charge is 0.225 e. The monoisotopic (exact) mass is 298 g/mol. The molecule has 116 valence electrons. The summed E-state index contributed by atoms with van der Waals surface area (Å²) in [5.74, 6) is 0.0839. The highest BCUT2D eigenvalue weighted by Gasteiger charge is 2.33. The largest absolute Gasteiger partial charge is 0.350 e. The summed E-state index contributed by atoms with van der Waals surface area (Å²) in [6.07, 6.45) is 2.81. The minimum absolute atomic E-state index is 0.0179. The van der Waals surface area contributed by atoms with Gasteiger partial charge in [0.1, 0.15) is 0 Å². The molecule has 5 nitrogen and oxygen atoms in total. The van der Waals surface area contributed by atoms with E-state index >= 15 is 0 Å². The maximum atomic E-state index is 12.5. The fourth-order valence-corrected chi connectivity index (χ4v) is 2.98. The number of hydrogen-bond donors (Lipinski definition) is 2. The Morgan fingerprint density at radius 3 is 2.91 bits per heavy atom. The number of rotatable bonds is 5. The lowest BCUT2D eigenvalue weighted by Crippen LogP contribution is -2.33. The maximum Gasteiger partial charge on any atom is 0.225 e. The number of aromatic nitrogens is 2. The normalized spacial score (nSPS) is 21.0. The molecule has 5 heteroatoms. The molecule has 2 atom stereocenters. The third-order valence-electron chi connectivity index (χ3n) is 4.18. The van der Waals surface area contributed by atoms with Crippen LogP contribution in [0.5, 0.6) is 0 Å². The summed E-state index contributed by atoms with van der Waals surface area (Å²) in [7, 11) is 0. The summed E-state index contributed by atoms with van der Waals surface area (Å²) in [6.45, 7) is 4.26. The zero-order chi connectivity index (χ0) is 15.4. The lowest BCUT2D eigenvalue weighted by atomic mass is 9.93. The Labute approximate surface area is 130 Å². The van der Waals surface area contributed by atoms with Crippen molar-refractivity contribution in [3.8, 4) is 0 Å². The topological polar surface area (TPSA) is 59.0 Å². The van der Waals surface area contributed by atoms with E-state index in [1.165, 1.54) is 5.56 Å². The SMILES string of the molecule is CCn1ccc(CNC(=O)C2CCNC2c2ccccc2)n1. The summed E-state index contributed by atoms with van der Waals surface area (Å²) < 4.78 is 1.87. The van der Waals surface area contributed by atoms with Gasteiger partial charge in [0.05, 0.1) is 18.2 Å². The van der Waals surface area contributed by atoms with Crippen LogP contribution in [0.1, 0.15) is 30.6 Å². The Morgan fingerprint density at radius 1 is 1.36 bits per heavy atom. The predicted octanol–water partition coefficient (Wildman–Crippen LogP) is 1.87. The quantitative estimate of drug-likeness (QED) is 0.886. The maximum absolute atomic E-state index is 12.5. The van der Waals surface area contributed by atoms with Gasteiger partial charge in [0, 0.05) is 18.8 Å². The Balaban J connectivity index is 1.61. The number of nitrogens with zero attached hydrogens (tertiary/aromatic N) is 2. The second-order valence-corrected chi connectivity index (χ2v) is 5.62. The predicted molar refractivity (Wildman–Crippen MR) is 85.0 cm³/mol. The van der Waals surface area contributed by atoms with Crippen molar-refractivity contribution in [2.75, 3.05) is 6.54 Å². The van der Waals surface area contributed by atoms with Gasteiger partial charge in [-0.3, -0.25) is 9.48 Å². The second kappa shape index (κ2) is 6.75. The van der Waals surface area contributed by atoms with Gasteiger partial charge in [0.15, 0.2) is 0 Å². The molecule has 2 unspecified atom stereocenters. The van der Waals surface area contributed by atoms with E-state index in [1.54, 1.807) is 0 Å². The van der Waals surface area contributed by atoms with Crippen molar-refractivity contribution in [2.24, 2.45) is 5.92 Å². The van der Waals surface area contributed by atoms with Crippen LogP contribution in [0, 0.1) is 5.92 Å². The fraction of sp³-hybridized carbons (Fsp3) is 0.412.